The first kappa shape index (κ1) is 20.9. The minimum Gasteiger partial charge on any atom is -0.333 e. The Morgan fingerprint density at radius 3 is 2.90 bits per heavy atom. The largest absolute Gasteiger partial charge is 0.335 e. The molecule has 0 aliphatic carbocycles. The number of hydrogen-bond acceptors (Lipinski definition) is 6. The quantitative estimate of drug-likeness (QED) is 0.414. The molecule has 0 spiro atoms. The zero-order valence-electron chi connectivity index (χ0n) is 16.9. The number of hydrogen-bond donors (Lipinski definition) is 2. The maximum absolute atomic E-state index is 13.2. The molecule has 3 amide bonds. The van der Waals surface area contributed by atoms with Gasteiger partial charge in [0, 0.05) is 31.1 Å². The second-order valence-electron chi connectivity index (χ2n) is 6.73. The van der Waals surface area contributed by atoms with Gasteiger partial charge < -0.3 is 10.2 Å². The number of nitrogens with zero attached hydrogens (tertiary/aromatic N) is 5. The van der Waals surface area contributed by atoms with Gasteiger partial charge in [-0.05, 0) is 38.0 Å². The second-order valence-corrected chi connectivity index (χ2v) is 6.73. The molecule has 30 heavy (non-hydrogen) atoms. The van der Waals surface area contributed by atoms with E-state index in [1.54, 1.807) is 9.58 Å². The van der Waals surface area contributed by atoms with Gasteiger partial charge in [-0.2, -0.15) is 15.1 Å². The fraction of sp³-hybridized carbons (Fsp3) is 0.300. The van der Waals surface area contributed by atoms with Crippen molar-refractivity contribution < 1.29 is 9.59 Å². The number of urea groups is 1. The third-order valence-electron chi connectivity index (χ3n) is 4.95. The first-order chi connectivity index (χ1) is 14.5. The van der Waals surface area contributed by atoms with Crippen LogP contribution in [0.3, 0.4) is 0 Å². The summed E-state index contributed by atoms with van der Waals surface area (Å²) in [5.41, 5.74) is 6.19. The summed E-state index contributed by atoms with van der Waals surface area (Å²) in [6.07, 6.45) is 2.47. The molecule has 0 atom stereocenters. The molecule has 1 aromatic carbocycles. The summed E-state index contributed by atoms with van der Waals surface area (Å²) in [4.78, 5) is 37.4. The topological polar surface area (TPSA) is 121 Å². The highest BCUT2D eigenvalue weighted by Crippen LogP contribution is 2.28. The van der Waals surface area contributed by atoms with E-state index >= 15 is 0 Å². The third kappa shape index (κ3) is 4.12. The van der Waals surface area contributed by atoms with Crippen molar-refractivity contribution in [3.8, 4) is 5.69 Å². The van der Waals surface area contributed by atoms with Gasteiger partial charge in [-0.3, -0.25) is 4.79 Å². The van der Waals surface area contributed by atoms with E-state index in [1.165, 1.54) is 0 Å². The molecule has 0 saturated carbocycles. The minimum atomic E-state index is -0.473. The fourth-order valence-corrected chi connectivity index (χ4v) is 3.39. The first-order valence-corrected chi connectivity index (χ1v) is 9.43. The summed E-state index contributed by atoms with van der Waals surface area (Å²) in [5.74, 6) is -0.170. The van der Waals surface area contributed by atoms with Crippen LogP contribution in [0, 0.1) is 4.91 Å². The molecule has 0 radical (unpaired) electrons. The van der Waals surface area contributed by atoms with Crippen molar-refractivity contribution in [1.29, 1.82) is 0 Å². The monoisotopic (exact) mass is 409 g/mol. The Morgan fingerprint density at radius 2 is 2.20 bits per heavy atom. The van der Waals surface area contributed by atoms with Crippen molar-refractivity contribution >= 4 is 18.7 Å². The number of amides is 3. The van der Waals surface area contributed by atoms with Crippen LogP contribution in [-0.2, 0) is 19.5 Å². The molecule has 1 aliphatic rings. The number of rotatable bonds is 7. The van der Waals surface area contributed by atoms with Crippen molar-refractivity contribution in [3.63, 3.8) is 0 Å². The summed E-state index contributed by atoms with van der Waals surface area (Å²) in [7, 11) is 0. The van der Waals surface area contributed by atoms with E-state index in [0.29, 0.717) is 30.0 Å². The van der Waals surface area contributed by atoms with E-state index < -0.39 is 6.03 Å². The van der Waals surface area contributed by atoms with Gasteiger partial charge in [0.05, 0.1) is 11.4 Å². The SMILES string of the molecule is C=NNC(=O)NCc1cccc(-n2nc(CN=O)c3c2C(=O)N(/C(C)=C/C)CC3)c1. The normalized spacial score (nSPS) is 13.6. The van der Waals surface area contributed by atoms with E-state index in [9.17, 15) is 14.5 Å². The Labute approximate surface area is 173 Å². The Kier molecular flexibility index (Phi) is 6.35. The van der Waals surface area contributed by atoms with Gasteiger partial charge in [-0.25, -0.2) is 14.9 Å². The van der Waals surface area contributed by atoms with E-state index in [0.717, 1.165) is 16.8 Å². The van der Waals surface area contributed by atoms with Crippen LogP contribution in [0.5, 0.6) is 0 Å². The highest BCUT2D eigenvalue weighted by Gasteiger charge is 2.32. The molecular formula is C20H23N7O3. The molecule has 1 aromatic heterocycles. The van der Waals surface area contributed by atoms with Crippen LogP contribution in [0.2, 0.25) is 0 Å². The zero-order valence-corrected chi connectivity index (χ0v) is 16.9. The van der Waals surface area contributed by atoms with Crippen LogP contribution in [0.15, 0.2) is 46.3 Å². The van der Waals surface area contributed by atoms with Gasteiger partial charge in [0.25, 0.3) is 5.91 Å². The van der Waals surface area contributed by atoms with E-state index in [1.807, 2.05) is 44.2 Å². The Hall–Kier alpha value is -3.82. The molecule has 156 valence electrons. The van der Waals surface area contributed by atoms with Crippen LogP contribution in [-0.4, -0.2) is 39.9 Å². The van der Waals surface area contributed by atoms with Crippen molar-refractivity contribution in [3.05, 3.63) is 63.5 Å². The highest BCUT2D eigenvalue weighted by molar-refractivity contribution is 5.97. The molecule has 2 N–H and O–H groups in total. The first-order valence-electron chi connectivity index (χ1n) is 9.43. The number of benzene rings is 1. The van der Waals surface area contributed by atoms with E-state index in [2.05, 4.69) is 32.8 Å². The molecule has 0 bridgehead atoms. The lowest BCUT2D eigenvalue weighted by molar-refractivity contribution is 0.0782. The molecule has 3 rings (SSSR count). The molecule has 2 heterocycles. The van der Waals surface area contributed by atoms with Gasteiger partial charge in [-0.1, -0.05) is 23.4 Å². The van der Waals surface area contributed by atoms with Gasteiger partial charge in [0.15, 0.2) is 0 Å². The summed E-state index contributed by atoms with van der Waals surface area (Å²) < 4.78 is 1.56. The van der Waals surface area contributed by atoms with Gasteiger partial charge in [-0.15, -0.1) is 0 Å². The van der Waals surface area contributed by atoms with Crippen LogP contribution in [0.4, 0.5) is 4.79 Å². The number of hydrazone groups is 1. The Balaban J connectivity index is 2.00. The van der Waals surface area contributed by atoms with Crippen LogP contribution in [0.1, 0.15) is 41.2 Å². The minimum absolute atomic E-state index is 0.0960. The predicted molar refractivity (Wildman–Crippen MR) is 112 cm³/mol. The van der Waals surface area contributed by atoms with Gasteiger partial charge in [0.2, 0.25) is 0 Å². The number of allylic oxidation sites excluding steroid dienone is 2. The molecule has 0 saturated heterocycles. The second kappa shape index (κ2) is 9.12. The van der Waals surface area contributed by atoms with E-state index in [-0.39, 0.29) is 19.0 Å². The average molecular weight is 409 g/mol. The summed E-state index contributed by atoms with van der Waals surface area (Å²) >= 11 is 0. The number of aromatic nitrogens is 2. The van der Waals surface area contributed by atoms with Crippen molar-refractivity contribution in [1.82, 2.24) is 25.4 Å². The number of carbonyl (C=O) groups is 2. The number of fused-ring (bicyclic) bond motifs is 1. The number of nitrogens with one attached hydrogen (secondary N) is 2. The van der Waals surface area contributed by atoms with E-state index in [4.69, 9.17) is 0 Å². The van der Waals surface area contributed by atoms with Crippen molar-refractivity contribution in [2.45, 2.75) is 33.4 Å². The fourth-order valence-electron chi connectivity index (χ4n) is 3.39. The highest BCUT2D eigenvalue weighted by atomic mass is 16.3. The standard InChI is InChI=1S/C20H23N7O3/c1-4-13(2)26-9-8-16-17(12-23-30)25-27(18(16)19(26)28)15-7-5-6-14(10-15)11-22-20(29)24-21-3/h4-7,10H,3,8-9,11-12H2,1-2H3,(H2,22,24,29)/b13-4+. The number of carbonyl (C=O) groups excluding carboxylic acids is 2. The van der Waals surface area contributed by atoms with Gasteiger partial charge >= 0.3 is 6.03 Å². The van der Waals surface area contributed by atoms with Crippen LogP contribution < -0.4 is 10.7 Å². The lowest BCUT2D eigenvalue weighted by Crippen LogP contribution is -2.37. The van der Waals surface area contributed by atoms with Crippen molar-refractivity contribution in [2.24, 2.45) is 10.3 Å². The van der Waals surface area contributed by atoms with Crippen LogP contribution in [0.25, 0.3) is 5.69 Å². The maximum Gasteiger partial charge on any atom is 0.335 e. The average Bonchev–Trinajstić information content (AvgIpc) is 3.12. The van der Waals surface area contributed by atoms with Crippen LogP contribution >= 0.6 is 0 Å². The summed E-state index contributed by atoms with van der Waals surface area (Å²) in [6, 6.07) is 6.81. The summed E-state index contributed by atoms with van der Waals surface area (Å²) in [6.45, 7) is 7.64. The predicted octanol–water partition coefficient (Wildman–Crippen LogP) is 2.48. The third-order valence-corrected chi connectivity index (χ3v) is 4.95. The number of nitroso groups, excluding NO2 is 1. The molecule has 0 unspecified atom stereocenters. The lowest BCUT2D eigenvalue weighted by atomic mass is 10.0. The van der Waals surface area contributed by atoms with Gasteiger partial charge in [0.1, 0.15) is 12.2 Å². The Morgan fingerprint density at radius 1 is 1.40 bits per heavy atom. The lowest BCUT2D eigenvalue weighted by Gasteiger charge is -2.28. The molecule has 10 nitrogen and oxygen atoms in total. The summed E-state index contributed by atoms with van der Waals surface area (Å²) in [5, 5.41) is 13.5. The molecular weight excluding hydrogens is 386 g/mol. The molecule has 0 fully saturated rings. The molecule has 2 aromatic rings. The smallest absolute Gasteiger partial charge is 0.333 e. The molecule has 1 aliphatic heterocycles. The maximum atomic E-state index is 13.2. The molecule has 10 heteroatoms. The van der Waals surface area contributed by atoms with Crippen molar-refractivity contribution in [2.75, 3.05) is 6.54 Å². The zero-order chi connectivity index (χ0) is 21.7. The Bertz CT molecular complexity index is 1030.